The van der Waals surface area contributed by atoms with Crippen molar-refractivity contribution in [3.05, 3.63) is 57.0 Å². The fraction of sp³-hybridized carbons (Fsp3) is 0.200. The Kier molecular flexibility index (Phi) is 3.87. The summed E-state index contributed by atoms with van der Waals surface area (Å²) in [5, 5.41) is 11.0. The summed E-state index contributed by atoms with van der Waals surface area (Å²) in [7, 11) is 0. The van der Waals surface area contributed by atoms with E-state index in [0.29, 0.717) is 40.9 Å². The van der Waals surface area contributed by atoms with E-state index in [9.17, 15) is 5.11 Å². The van der Waals surface area contributed by atoms with Crippen LogP contribution in [0.1, 0.15) is 17.2 Å². The average molecular weight is 356 g/mol. The minimum absolute atomic E-state index is 0.509. The number of aliphatic hydroxyl groups excluding tert-OH is 1. The lowest BCUT2D eigenvalue weighted by Gasteiger charge is -2.20. The predicted octanol–water partition coefficient (Wildman–Crippen LogP) is 3.96. The molecular formula is C15H12BrClO3. The number of aliphatic hydroxyl groups is 1. The topological polar surface area (TPSA) is 38.7 Å². The maximum absolute atomic E-state index is 10.5. The minimum atomic E-state index is -0.809. The molecule has 3 rings (SSSR count). The number of halogens is 2. The SMILES string of the molecule is OC(c1ccc2c(c1)OCCO2)c1cccc(Br)c1Cl. The summed E-state index contributed by atoms with van der Waals surface area (Å²) >= 11 is 9.58. The van der Waals surface area contributed by atoms with E-state index >= 15 is 0 Å². The number of benzene rings is 2. The maximum atomic E-state index is 10.5. The Labute approximate surface area is 130 Å². The largest absolute Gasteiger partial charge is 0.486 e. The summed E-state index contributed by atoms with van der Waals surface area (Å²) in [6, 6.07) is 10.9. The van der Waals surface area contributed by atoms with Gasteiger partial charge in [0.05, 0.1) is 5.02 Å². The van der Waals surface area contributed by atoms with Crippen LogP contribution in [0.15, 0.2) is 40.9 Å². The van der Waals surface area contributed by atoms with Gasteiger partial charge in [-0.2, -0.15) is 0 Å². The summed E-state index contributed by atoms with van der Waals surface area (Å²) in [5.41, 5.74) is 1.37. The normalized spacial score (nSPS) is 14.9. The van der Waals surface area contributed by atoms with Crippen LogP contribution in [0.25, 0.3) is 0 Å². The molecule has 3 nitrogen and oxygen atoms in total. The van der Waals surface area contributed by atoms with Crippen LogP contribution >= 0.6 is 27.5 Å². The van der Waals surface area contributed by atoms with E-state index in [1.807, 2.05) is 18.2 Å². The molecule has 0 aromatic heterocycles. The first kappa shape index (κ1) is 13.7. The highest BCUT2D eigenvalue weighted by Crippen LogP contribution is 2.37. The zero-order valence-corrected chi connectivity index (χ0v) is 12.8. The van der Waals surface area contributed by atoms with Crippen molar-refractivity contribution in [1.29, 1.82) is 0 Å². The van der Waals surface area contributed by atoms with Crippen LogP contribution in [0.3, 0.4) is 0 Å². The second kappa shape index (κ2) is 5.64. The first-order valence-electron chi connectivity index (χ1n) is 6.18. The molecule has 0 saturated carbocycles. The number of rotatable bonds is 2. The summed E-state index contributed by atoms with van der Waals surface area (Å²) in [6.45, 7) is 1.07. The predicted molar refractivity (Wildman–Crippen MR) is 80.6 cm³/mol. The van der Waals surface area contributed by atoms with Gasteiger partial charge in [-0.15, -0.1) is 0 Å². The highest BCUT2D eigenvalue weighted by Gasteiger charge is 2.19. The summed E-state index contributed by atoms with van der Waals surface area (Å²) in [5.74, 6) is 1.35. The fourth-order valence-electron chi connectivity index (χ4n) is 2.14. The molecule has 0 amide bonds. The zero-order chi connectivity index (χ0) is 14.1. The zero-order valence-electron chi connectivity index (χ0n) is 10.5. The molecule has 0 saturated heterocycles. The standard InChI is InChI=1S/C15H12BrClO3/c16-11-3-1-2-10(14(11)17)15(18)9-4-5-12-13(8-9)20-7-6-19-12/h1-5,8,15,18H,6-7H2. The van der Waals surface area contributed by atoms with Crippen LogP contribution in [-0.4, -0.2) is 18.3 Å². The van der Waals surface area contributed by atoms with Crippen molar-refractivity contribution >= 4 is 27.5 Å². The third kappa shape index (κ3) is 2.51. The van der Waals surface area contributed by atoms with Crippen LogP contribution in [-0.2, 0) is 0 Å². The highest BCUT2D eigenvalue weighted by atomic mass is 79.9. The molecule has 1 N–H and O–H groups in total. The molecule has 0 bridgehead atoms. The molecule has 1 aliphatic rings. The first-order chi connectivity index (χ1) is 9.66. The quantitative estimate of drug-likeness (QED) is 0.886. The number of hydrogen-bond acceptors (Lipinski definition) is 3. The first-order valence-corrected chi connectivity index (χ1v) is 7.35. The van der Waals surface area contributed by atoms with E-state index in [0.717, 1.165) is 4.47 Å². The van der Waals surface area contributed by atoms with Gasteiger partial charge in [-0.1, -0.05) is 29.8 Å². The Balaban J connectivity index is 1.98. The Morgan fingerprint density at radius 1 is 1.10 bits per heavy atom. The third-order valence-electron chi connectivity index (χ3n) is 3.16. The number of ether oxygens (including phenoxy) is 2. The Bertz CT molecular complexity index is 645. The van der Waals surface area contributed by atoms with E-state index in [1.54, 1.807) is 18.2 Å². The van der Waals surface area contributed by atoms with Crippen molar-refractivity contribution in [3.63, 3.8) is 0 Å². The van der Waals surface area contributed by atoms with Gasteiger partial charge >= 0.3 is 0 Å². The molecule has 5 heteroatoms. The van der Waals surface area contributed by atoms with Crippen LogP contribution in [0.2, 0.25) is 5.02 Å². The summed E-state index contributed by atoms with van der Waals surface area (Å²) in [4.78, 5) is 0. The maximum Gasteiger partial charge on any atom is 0.161 e. The minimum Gasteiger partial charge on any atom is -0.486 e. The Morgan fingerprint density at radius 2 is 1.85 bits per heavy atom. The van der Waals surface area contributed by atoms with Crippen molar-refractivity contribution < 1.29 is 14.6 Å². The molecule has 0 fully saturated rings. The van der Waals surface area contributed by atoms with Gasteiger partial charge in [0.1, 0.15) is 19.3 Å². The van der Waals surface area contributed by atoms with Crippen molar-refractivity contribution in [2.45, 2.75) is 6.10 Å². The van der Waals surface area contributed by atoms with Crippen LogP contribution in [0.4, 0.5) is 0 Å². The van der Waals surface area contributed by atoms with Crippen molar-refractivity contribution in [2.24, 2.45) is 0 Å². The Morgan fingerprint density at radius 3 is 2.65 bits per heavy atom. The van der Waals surface area contributed by atoms with Crippen molar-refractivity contribution in [1.82, 2.24) is 0 Å². The van der Waals surface area contributed by atoms with Gasteiger partial charge in [0.2, 0.25) is 0 Å². The molecular weight excluding hydrogens is 344 g/mol. The second-order valence-corrected chi connectivity index (χ2v) is 5.68. The smallest absolute Gasteiger partial charge is 0.161 e. The van der Waals surface area contributed by atoms with E-state index < -0.39 is 6.10 Å². The van der Waals surface area contributed by atoms with Gasteiger partial charge in [0, 0.05) is 10.0 Å². The van der Waals surface area contributed by atoms with Gasteiger partial charge in [-0.3, -0.25) is 0 Å². The van der Waals surface area contributed by atoms with Gasteiger partial charge < -0.3 is 14.6 Å². The molecule has 1 aliphatic heterocycles. The molecule has 20 heavy (non-hydrogen) atoms. The molecule has 1 heterocycles. The summed E-state index contributed by atoms with van der Waals surface area (Å²) < 4.78 is 11.7. The second-order valence-electron chi connectivity index (χ2n) is 4.45. The number of fused-ring (bicyclic) bond motifs is 1. The van der Waals surface area contributed by atoms with Crippen molar-refractivity contribution in [2.75, 3.05) is 13.2 Å². The molecule has 2 aromatic carbocycles. The lowest BCUT2D eigenvalue weighted by Crippen LogP contribution is -2.15. The molecule has 2 aromatic rings. The third-order valence-corrected chi connectivity index (χ3v) is 4.47. The molecule has 0 spiro atoms. The van der Waals surface area contributed by atoms with Gasteiger partial charge in [0.25, 0.3) is 0 Å². The van der Waals surface area contributed by atoms with Crippen LogP contribution < -0.4 is 9.47 Å². The van der Waals surface area contributed by atoms with Crippen LogP contribution in [0.5, 0.6) is 11.5 Å². The lowest BCUT2D eigenvalue weighted by atomic mass is 10.0. The number of hydrogen-bond donors (Lipinski definition) is 1. The van der Waals surface area contributed by atoms with Crippen LogP contribution in [0, 0.1) is 0 Å². The Hall–Kier alpha value is -1.23. The lowest BCUT2D eigenvalue weighted by molar-refractivity contribution is 0.169. The van der Waals surface area contributed by atoms with E-state index in [2.05, 4.69) is 15.9 Å². The molecule has 1 atom stereocenters. The average Bonchev–Trinajstić information content (AvgIpc) is 2.49. The molecule has 1 unspecified atom stereocenters. The summed E-state index contributed by atoms with van der Waals surface area (Å²) in [6.07, 6.45) is -0.809. The van der Waals surface area contributed by atoms with Crippen molar-refractivity contribution in [3.8, 4) is 11.5 Å². The van der Waals surface area contributed by atoms with E-state index in [1.165, 1.54) is 0 Å². The van der Waals surface area contributed by atoms with Gasteiger partial charge in [-0.05, 0) is 39.7 Å². The molecule has 0 aliphatic carbocycles. The van der Waals surface area contributed by atoms with E-state index in [4.69, 9.17) is 21.1 Å². The monoisotopic (exact) mass is 354 g/mol. The highest BCUT2D eigenvalue weighted by molar-refractivity contribution is 9.10. The van der Waals surface area contributed by atoms with Gasteiger partial charge in [-0.25, -0.2) is 0 Å². The van der Waals surface area contributed by atoms with E-state index in [-0.39, 0.29) is 0 Å². The van der Waals surface area contributed by atoms with Gasteiger partial charge in [0.15, 0.2) is 11.5 Å². The molecule has 104 valence electrons. The fourth-order valence-corrected chi connectivity index (χ4v) is 2.75. The molecule has 0 radical (unpaired) electrons.